The van der Waals surface area contributed by atoms with Gasteiger partial charge in [-0.25, -0.2) is 10.2 Å². The molecule has 0 fully saturated rings. The molecule has 0 saturated heterocycles. The number of nitrogens with two attached hydrogens (primary N) is 2. The van der Waals surface area contributed by atoms with Crippen molar-refractivity contribution in [2.24, 2.45) is 11.6 Å². The predicted octanol–water partition coefficient (Wildman–Crippen LogP) is -0.176. The average molecular weight is 213 g/mol. The lowest BCUT2D eigenvalue weighted by atomic mass is 10.1. The Morgan fingerprint density at radius 2 is 2.27 bits per heavy atom. The van der Waals surface area contributed by atoms with Gasteiger partial charge in [0.2, 0.25) is 0 Å². The topological polar surface area (TPSA) is 90.4 Å². The van der Waals surface area contributed by atoms with E-state index in [4.69, 9.17) is 16.3 Å². The Balaban J connectivity index is 2.97. The molecule has 1 atom stereocenters. The highest BCUT2D eigenvalue weighted by Crippen LogP contribution is 2.20. The standard InChI is InChI=1S/C9H12FN3O2/c1-15-7-3-2-5(4-6(7)10)8(11)9(14)13-12/h2-4,8H,11-12H2,1H3,(H,13,14). The number of carbonyl (C=O) groups excluding carboxylic acids is 1. The molecule has 5 N–H and O–H groups in total. The number of rotatable bonds is 3. The van der Waals surface area contributed by atoms with Crippen LogP contribution < -0.4 is 21.7 Å². The number of nitrogens with one attached hydrogen (secondary N) is 1. The first-order valence-corrected chi connectivity index (χ1v) is 4.19. The van der Waals surface area contributed by atoms with E-state index in [0.717, 1.165) is 6.07 Å². The SMILES string of the molecule is COc1ccc(C(N)C(=O)NN)cc1F. The second-order valence-corrected chi connectivity index (χ2v) is 2.88. The molecule has 0 bridgehead atoms. The van der Waals surface area contributed by atoms with Crippen LogP contribution in [0.25, 0.3) is 0 Å². The van der Waals surface area contributed by atoms with Crippen molar-refractivity contribution in [1.29, 1.82) is 0 Å². The second kappa shape index (κ2) is 4.72. The number of hydrogen-bond donors (Lipinski definition) is 3. The van der Waals surface area contributed by atoms with Crippen LogP contribution in [0.4, 0.5) is 4.39 Å². The van der Waals surface area contributed by atoms with Gasteiger partial charge in [0.05, 0.1) is 7.11 Å². The predicted molar refractivity (Wildman–Crippen MR) is 52.2 cm³/mol. The maximum Gasteiger partial charge on any atom is 0.255 e. The Morgan fingerprint density at radius 3 is 2.73 bits per heavy atom. The molecule has 82 valence electrons. The van der Waals surface area contributed by atoms with Gasteiger partial charge in [0.25, 0.3) is 5.91 Å². The number of ether oxygens (including phenoxy) is 1. The largest absolute Gasteiger partial charge is 0.494 e. The lowest BCUT2D eigenvalue weighted by Gasteiger charge is -2.11. The first-order valence-electron chi connectivity index (χ1n) is 4.19. The van der Waals surface area contributed by atoms with E-state index in [1.165, 1.54) is 19.2 Å². The van der Waals surface area contributed by atoms with Gasteiger partial charge in [-0.1, -0.05) is 6.07 Å². The van der Waals surface area contributed by atoms with E-state index in [2.05, 4.69) is 0 Å². The molecule has 1 unspecified atom stereocenters. The fourth-order valence-electron chi connectivity index (χ4n) is 1.12. The van der Waals surface area contributed by atoms with Gasteiger partial charge in [-0.15, -0.1) is 0 Å². The fraction of sp³-hybridized carbons (Fsp3) is 0.222. The van der Waals surface area contributed by atoms with Crippen LogP contribution in [0.3, 0.4) is 0 Å². The monoisotopic (exact) mass is 213 g/mol. The van der Waals surface area contributed by atoms with Crippen LogP contribution in [0, 0.1) is 5.82 Å². The molecule has 0 aromatic heterocycles. The van der Waals surface area contributed by atoms with E-state index in [-0.39, 0.29) is 5.75 Å². The first kappa shape index (κ1) is 11.4. The highest BCUT2D eigenvalue weighted by Gasteiger charge is 2.16. The van der Waals surface area contributed by atoms with Crippen LogP contribution >= 0.6 is 0 Å². The molecule has 15 heavy (non-hydrogen) atoms. The van der Waals surface area contributed by atoms with E-state index >= 15 is 0 Å². The molecule has 1 amide bonds. The minimum atomic E-state index is -0.990. The summed E-state index contributed by atoms with van der Waals surface area (Å²) in [6.07, 6.45) is 0. The number of carbonyl (C=O) groups is 1. The third-order valence-corrected chi connectivity index (χ3v) is 1.96. The lowest BCUT2D eigenvalue weighted by Crippen LogP contribution is -2.38. The number of amides is 1. The summed E-state index contributed by atoms with van der Waals surface area (Å²) in [5, 5.41) is 0. The number of hydrazine groups is 1. The van der Waals surface area contributed by atoms with Crippen molar-refractivity contribution >= 4 is 5.91 Å². The number of methoxy groups -OCH3 is 1. The minimum Gasteiger partial charge on any atom is -0.494 e. The molecule has 0 aliphatic carbocycles. The fourth-order valence-corrected chi connectivity index (χ4v) is 1.12. The summed E-state index contributed by atoms with van der Waals surface area (Å²) in [5.74, 6) is 3.85. The zero-order valence-electron chi connectivity index (χ0n) is 8.16. The summed E-state index contributed by atoms with van der Waals surface area (Å²) in [6.45, 7) is 0. The molecule has 1 aromatic rings. The van der Waals surface area contributed by atoms with Crippen LogP contribution in [0.1, 0.15) is 11.6 Å². The minimum absolute atomic E-state index is 0.0964. The van der Waals surface area contributed by atoms with Gasteiger partial charge in [0.15, 0.2) is 11.6 Å². The smallest absolute Gasteiger partial charge is 0.255 e. The van der Waals surface area contributed by atoms with Crippen molar-refractivity contribution in [1.82, 2.24) is 5.43 Å². The summed E-state index contributed by atoms with van der Waals surface area (Å²) in [7, 11) is 1.35. The number of hydrogen-bond acceptors (Lipinski definition) is 4. The normalized spacial score (nSPS) is 12.0. The Morgan fingerprint density at radius 1 is 1.60 bits per heavy atom. The highest BCUT2D eigenvalue weighted by molar-refractivity contribution is 5.82. The van der Waals surface area contributed by atoms with Gasteiger partial charge in [-0.05, 0) is 17.7 Å². The van der Waals surface area contributed by atoms with Gasteiger partial charge in [0, 0.05) is 0 Å². The maximum atomic E-state index is 13.2. The summed E-state index contributed by atoms with van der Waals surface area (Å²) >= 11 is 0. The van der Waals surface area contributed by atoms with E-state index in [1.807, 2.05) is 5.43 Å². The van der Waals surface area contributed by atoms with Gasteiger partial charge in [-0.3, -0.25) is 10.2 Å². The molecule has 0 aliphatic rings. The summed E-state index contributed by atoms with van der Waals surface area (Å²) in [4.78, 5) is 11.1. The highest BCUT2D eigenvalue weighted by atomic mass is 19.1. The van der Waals surface area contributed by atoms with Crippen molar-refractivity contribution in [3.63, 3.8) is 0 Å². The molecule has 6 heteroatoms. The maximum absolute atomic E-state index is 13.2. The molecular formula is C9H12FN3O2. The van der Waals surface area contributed by atoms with E-state index < -0.39 is 17.8 Å². The van der Waals surface area contributed by atoms with Crippen molar-refractivity contribution in [2.75, 3.05) is 7.11 Å². The van der Waals surface area contributed by atoms with Crippen molar-refractivity contribution in [3.8, 4) is 5.75 Å². The van der Waals surface area contributed by atoms with Crippen LogP contribution in [0.5, 0.6) is 5.75 Å². The van der Waals surface area contributed by atoms with Crippen LogP contribution in [-0.2, 0) is 4.79 Å². The average Bonchev–Trinajstić information content (AvgIpc) is 2.26. The van der Waals surface area contributed by atoms with Crippen LogP contribution in [0.2, 0.25) is 0 Å². The van der Waals surface area contributed by atoms with E-state index in [0.29, 0.717) is 5.56 Å². The molecule has 0 heterocycles. The third kappa shape index (κ3) is 2.42. The Labute approximate surface area is 86.2 Å². The third-order valence-electron chi connectivity index (χ3n) is 1.96. The second-order valence-electron chi connectivity index (χ2n) is 2.88. The van der Waals surface area contributed by atoms with Crippen molar-refractivity contribution in [3.05, 3.63) is 29.6 Å². The molecule has 0 saturated carbocycles. The zero-order valence-corrected chi connectivity index (χ0v) is 8.16. The van der Waals surface area contributed by atoms with E-state index in [9.17, 15) is 9.18 Å². The van der Waals surface area contributed by atoms with Crippen LogP contribution in [-0.4, -0.2) is 13.0 Å². The molecular weight excluding hydrogens is 201 g/mol. The summed E-state index contributed by atoms with van der Waals surface area (Å²) in [6, 6.07) is 3.05. The lowest BCUT2D eigenvalue weighted by molar-refractivity contribution is -0.122. The van der Waals surface area contributed by atoms with Gasteiger partial charge in [-0.2, -0.15) is 0 Å². The quantitative estimate of drug-likeness (QED) is 0.369. The molecule has 5 nitrogen and oxygen atoms in total. The molecule has 1 aromatic carbocycles. The number of benzene rings is 1. The zero-order chi connectivity index (χ0) is 11.4. The van der Waals surface area contributed by atoms with Crippen molar-refractivity contribution < 1.29 is 13.9 Å². The molecule has 0 radical (unpaired) electrons. The summed E-state index contributed by atoms with van der Waals surface area (Å²) in [5.41, 5.74) is 7.73. The summed E-state index contributed by atoms with van der Waals surface area (Å²) < 4.78 is 18.0. The van der Waals surface area contributed by atoms with Gasteiger partial charge >= 0.3 is 0 Å². The van der Waals surface area contributed by atoms with Crippen LogP contribution in [0.15, 0.2) is 18.2 Å². The molecule has 0 aliphatic heterocycles. The van der Waals surface area contributed by atoms with Crippen molar-refractivity contribution in [2.45, 2.75) is 6.04 Å². The van der Waals surface area contributed by atoms with Gasteiger partial charge < -0.3 is 10.5 Å². The Bertz CT molecular complexity index is 370. The molecule has 0 spiro atoms. The first-order chi connectivity index (χ1) is 7.10. The van der Waals surface area contributed by atoms with Gasteiger partial charge in [0.1, 0.15) is 6.04 Å². The Hall–Kier alpha value is -1.66. The molecule has 1 rings (SSSR count). The number of halogens is 1. The van der Waals surface area contributed by atoms with E-state index in [1.54, 1.807) is 0 Å². The Kier molecular flexibility index (Phi) is 3.59.